The van der Waals surface area contributed by atoms with E-state index >= 15 is 0 Å². The van der Waals surface area contributed by atoms with E-state index in [0.717, 1.165) is 35.3 Å². The van der Waals surface area contributed by atoms with E-state index in [-0.39, 0.29) is 0 Å². The number of nitrogens with one attached hydrogen (secondary N) is 2. The predicted octanol–water partition coefficient (Wildman–Crippen LogP) is 1.46. The van der Waals surface area contributed by atoms with Crippen LogP contribution < -0.4 is 10.1 Å². The number of rotatable bonds is 1. The van der Waals surface area contributed by atoms with Crippen LogP contribution in [0.4, 0.5) is 0 Å². The fourth-order valence-electron chi connectivity index (χ4n) is 2.30. The molecule has 2 heterocycles. The Labute approximate surface area is 98.1 Å². The highest BCUT2D eigenvalue weighted by molar-refractivity contribution is 6.05. The summed E-state index contributed by atoms with van der Waals surface area (Å²) in [6.45, 7) is 0.774. The third-order valence-corrected chi connectivity index (χ3v) is 3.12. The Balaban J connectivity index is 2.27. The molecule has 1 aliphatic rings. The van der Waals surface area contributed by atoms with E-state index in [0.29, 0.717) is 5.84 Å². The van der Waals surface area contributed by atoms with Crippen LogP contribution in [0.25, 0.3) is 10.9 Å². The molecule has 1 aromatic heterocycles. The number of hydrogen-bond acceptors (Lipinski definition) is 3. The van der Waals surface area contributed by atoms with Gasteiger partial charge in [-0.15, -0.1) is 0 Å². The van der Waals surface area contributed by atoms with Crippen LogP contribution in [-0.4, -0.2) is 29.7 Å². The van der Waals surface area contributed by atoms with Gasteiger partial charge in [0.2, 0.25) is 0 Å². The lowest BCUT2D eigenvalue weighted by atomic mass is 10.0. The zero-order valence-electron chi connectivity index (χ0n) is 9.45. The Morgan fingerprint density at radius 3 is 3.06 bits per heavy atom. The zero-order valence-corrected chi connectivity index (χ0v) is 9.45. The number of oxime groups is 1. The minimum atomic E-state index is 0.501. The third kappa shape index (κ3) is 1.43. The molecule has 0 saturated heterocycles. The summed E-state index contributed by atoms with van der Waals surface area (Å²) in [6, 6.07) is 5.89. The van der Waals surface area contributed by atoms with E-state index in [9.17, 15) is 0 Å². The summed E-state index contributed by atoms with van der Waals surface area (Å²) in [5.74, 6) is 1.33. The molecule has 2 aromatic rings. The third-order valence-electron chi connectivity index (χ3n) is 3.12. The summed E-state index contributed by atoms with van der Waals surface area (Å²) < 4.78 is 5.23. The number of hydrogen-bond donors (Lipinski definition) is 3. The Bertz CT molecular complexity index is 601. The minimum Gasteiger partial charge on any atom is -0.497 e. The molecule has 88 valence electrons. The van der Waals surface area contributed by atoms with Gasteiger partial charge in [-0.3, -0.25) is 0 Å². The highest BCUT2D eigenvalue weighted by Gasteiger charge is 2.20. The normalized spacial score (nSPS) is 16.9. The molecule has 0 saturated carbocycles. The molecule has 5 heteroatoms. The smallest absolute Gasteiger partial charge is 0.189 e. The molecule has 3 rings (SSSR count). The van der Waals surface area contributed by atoms with Crippen molar-refractivity contribution in [2.45, 2.75) is 6.42 Å². The number of H-pyrrole nitrogens is 1. The minimum absolute atomic E-state index is 0.501. The van der Waals surface area contributed by atoms with Crippen LogP contribution in [0.1, 0.15) is 11.3 Å². The first-order chi connectivity index (χ1) is 8.33. The molecule has 0 spiro atoms. The van der Waals surface area contributed by atoms with Crippen molar-refractivity contribution in [3.63, 3.8) is 0 Å². The second-order valence-electron chi connectivity index (χ2n) is 4.02. The number of aromatic nitrogens is 1. The lowest BCUT2D eigenvalue weighted by Crippen LogP contribution is -2.32. The lowest BCUT2D eigenvalue weighted by molar-refractivity contribution is 0.316. The number of nitrogens with zero attached hydrogens (tertiary/aromatic N) is 1. The molecule has 3 N–H and O–H groups in total. The molecule has 5 nitrogen and oxygen atoms in total. The van der Waals surface area contributed by atoms with Crippen molar-refractivity contribution < 1.29 is 9.94 Å². The van der Waals surface area contributed by atoms with E-state index in [1.807, 2.05) is 18.2 Å². The van der Waals surface area contributed by atoms with Gasteiger partial charge in [-0.25, -0.2) is 0 Å². The molecule has 1 aliphatic heterocycles. The average Bonchev–Trinajstić information content (AvgIpc) is 2.76. The van der Waals surface area contributed by atoms with Crippen LogP contribution >= 0.6 is 0 Å². The first kappa shape index (κ1) is 10.0. The van der Waals surface area contributed by atoms with Crippen molar-refractivity contribution in [3.05, 3.63) is 29.5 Å². The molecular weight excluding hydrogens is 218 g/mol. The largest absolute Gasteiger partial charge is 0.497 e. The van der Waals surface area contributed by atoms with Crippen LogP contribution in [0.15, 0.2) is 23.4 Å². The Morgan fingerprint density at radius 2 is 2.29 bits per heavy atom. The van der Waals surface area contributed by atoms with Gasteiger partial charge < -0.3 is 20.2 Å². The quantitative estimate of drug-likeness (QED) is 0.514. The number of amidine groups is 1. The summed E-state index contributed by atoms with van der Waals surface area (Å²) >= 11 is 0. The van der Waals surface area contributed by atoms with Gasteiger partial charge in [-0.2, -0.15) is 0 Å². The van der Waals surface area contributed by atoms with Crippen molar-refractivity contribution in [2.75, 3.05) is 13.7 Å². The SMILES string of the molecule is COc1ccc2[nH]c3c(c2c1)CCNC3=NO. The fraction of sp³-hybridized carbons (Fsp3) is 0.250. The Kier molecular flexibility index (Phi) is 2.18. The van der Waals surface area contributed by atoms with Gasteiger partial charge in [0.1, 0.15) is 5.75 Å². The average molecular weight is 231 g/mol. The maximum Gasteiger partial charge on any atom is 0.189 e. The van der Waals surface area contributed by atoms with Crippen LogP contribution in [0.2, 0.25) is 0 Å². The highest BCUT2D eigenvalue weighted by Crippen LogP contribution is 2.28. The van der Waals surface area contributed by atoms with E-state index < -0.39 is 0 Å². The van der Waals surface area contributed by atoms with Crippen molar-refractivity contribution in [1.82, 2.24) is 10.3 Å². The maximum atomic E-state index is 8.94. The number of aromatic amines is 1. The van der Waals surface area contributed by atoms with Crippen molar-refractivity contribution in [1.29, 1.82) is 0 Å². The number of methoxy groups -OCH3 is 1. The summed E-state index contributed by atoms with van der Waals surface area (Å²) in [5.41, 5.74) is 3.06. The molecule has 0 aliphatic carbocycles. The molecule has 0 radical (unpaired) electrons. The van der Waals surface area contributed by atoms with Crippen LogP contribution in [0, 0.1) is 0 Å². The number of fused-ring (bicyclic) bond motifs is 3. The summed E-state index contributed by atoms with van der Waals surface area (Å²) in [7, 11) is 1.66. The van der Waals surface area contributed by atoms with Crippen LogP contribution in [0.5, 0.6) is 5.75 Å². The number of ether oxygens (including phenoxy) is 1. The van der Waals surface area contributed by atoms with Gasteiger partial charge in [0.15, 0.2) is 5.84 Å². The highest BCUT2D eigenvalue weighted by atomic mass is 16.5. The van der Waals surface area contributed by atoms with Gasteiger partial charge in [-0.1, -0.05) is 5.16 Å². The zero-order chi connectivity index (χ0) is 11.8. The maximum absolute atomic E-state index is 8.94. The number of benzene rings is 1. The van der Waals surface area contributed by atoms with Gasteiger partial charge in [0.05, 0.1) is 12.8 Å². The van der Waals surface area contributed by atoms with Gasteiger partial charge in [0.25, 0.3) is 0 Å². The standard InChI is InChI=1S/C12H13N3O2/c1-17-7-2-3-10-9(6-7)8-4-5-13-12(15-16)11(8)14-10/h2-3,6,14,16H,4-5H2,1H3,(H,13,15). The van der Waals surface area contributed by atoms with Crippen molar-refractivity contribution in [2.24, 2.45) is 5.16 Å². The summed E-state index contributed by atoms with van der Waals surface area (Å²) in [6.07, 6.45) is 0.904. The molecule has 0 amide bonds. The molecule has 0 bridgehead atoms. The second-order valence-corrected chi connectivity index (χ2v) is 4.02. The molecular formula is C12H13N3O2. The van der Waals surface area contributed by atoms with E-state index in [1.165, 1.54) is 5.56 Å². The summed E-state index contributed by atoms with van der Waals surface area (Å²) in [4.78, 5) is 3.26. The monoisotopic (exact) mass is 231 g/mol. The molecule has 1 aromatic carbocycles. The molecule has 0 fully saturated rings. The Hall–Kier alpha value is -2.17. The molecule has 17 heavy (non-hydrogen) atoms. The first-order valence-corrected chi connectivity index (χ1v) is 5.48. The molecule has 0 unspecified atom stereocenters. The topological polar surface area (TPSA) is 69.6 Å². The van der Waals surface area contributed by atoms with Crippen LogP contribution in [0.3, 0.4) is 0 Å². The van der Waals surface area contributed by atoms with Gasteiger partial charge >= 0.3 is 0 Å². The van der Waals surface area contributed by atoms with Crippen molar-refractivity contribution >= 4 is 16.7 Å². The lowest BCUT2D eigenvalue weighted by Gasteiger charge is -2.14. The summed E-state index contributed by atoms with van der Waals surface area (Å²) in [5, 5.41) is 16.4. The van der Waals surface area contributed by atoms with Gasteiger partial charge in [0, 0.05) is 17.4 Å². The van der Waals surface area contributed by atoms with Gasteiger partial charge in [-0.05, 0) is 30.2 Å². The van der Waals surface area contributed by atoms with E-state index in [1.54, 1.807) is 7.11 Å². The Morgan fingerprint density at radius 1 is 1.41 bits per heavy atom. The fourth-order valence-corrected chi connectivity index (χ4v) is 2.30. The molecule has 0 atom stereocenters. The van der Waals surface area contributed by atoms with Crippen LogP contribution in [-0.2, 0) is 6.42 Å². The van der Waals surface area contributed by atoms with E-state index in [4.69, 9.17) is 9.94 Å². The van der Waals surface area contributed by atoms with Crippen molar-refractivity contribution in [3.8, 4) is 5.75 Å². The first-order valence-electron chi connectivity index (χ1n) is 5.48. The predicted molar refractivity (Wildman–Crippen MR) is 64.9 cm³/mol. The van der Waals surface area contributed by atoms with E-state index in [2.05, 4.69) is 15.5 Å². The second kappa shape index (κ2) is 3.69.